The number of rotatable bonds is 3. The van der Waals surface area contributed by atoms with Crippen LogP contribution in [0.15, 0.2) is 0 Å². The van der Waals surface area contributed by atoms with Crippen LogP contribution in [0.1, 0.15) is 39.0 Å². The first-order valence-corrected chi connectivity index (χ1v) is 4.01. The summed E-state index contributed by atoms with van der Waals surface area (Å²) in [6.07, 6.45) is 6.07. The van der Waals surface area contributed by atoms with Gasteiger partial charge in [0.05, 0.1) is 6.10 Å². The molecule has 1 N–H and O–H groups in total. The molecule has 0 amide bonds. The Morgan fingerprint density at radius 2 is 2.22 bits per heavy atom. The molecule has 0 aliphatic heterocycles. The highest BCUT2D eigenvalue weighted by Crippen LogP contribution is 2.30. The number of hydrogen-bond donors (Lipinski definition) is 1. The van der Waals surface area contributed by atoms with Crippen LogP contribution in [0.4, 0.5) is 0 Å². The monoisotopic (exact) mass is 128 g/mol. The van der Waals surface area contributed by atoms with E-state index in [0.717, 1.165) is 18.8 Å². The van der Waals surface area contributed by atoms with E-state index in [4.69, 9.17) is 0 Å². The van der Waals surface area contributed by atoms with Crippen LogP contribution < -0.4 is 0 Å². The second-order valence-electron chi connectivity index (χ2n) is 3.09. The summed E-state index contributed by atoms with van der Waals surface area (Å²) in [5, 5.41) is 9.19. The predicted molar refractivity (Wildman–Crippen MR) is 38.3 cm³/mol. The summed E-state index contributed by atoms with van der Waals surface area (Å²) < 4.78 is 0. The second-order valence-corrected chi connectivity index (χ2v) is 3.09. The number of aliphatic hydroxyl groups excluding tert-OH is 1. The fourth-order valence-corrected chi connectivity index (χ4v) is 1.28. The van der Waals surface area contributed by atoms with E-state index in [1.165, 1.54) is 19.3 Å². The Hall–Kier alpha value is -0.0400. The van der Waals surface area contributed by atoms with Gasteiger partial charge >= 0.3 is 0 Å². The SMILES string of the molecule is CC[C@H](O)CC1CCC1. The van der Waals surface area contributed by atoms with Crippen LogP contribution in [0.3, 0.4) is 0 Å². The van der Waals surface area contributed by atoms with Gasteiger partial charge in [-0.25, -0.2) is 0 Å². The maximum Gasteiger partial charge on any atom is 0.0540 e. The van der Waals surface area contributed by atoms with Crippen molar-refractivity contribution < 1.29 is 5.11 Å². The molecule has 0 aromatic heterocycles. The molecule has 1 rings (SSSR count). The molecule has 0 bridgehead atoms. The van der Waals surface area contributed by atoms with Gasteiger partial charge in [0, 0.05) is 0 Å². The van der Waals surface area contributed by atoms with E-state index in [1.54, 1.807) is 0 Å². The standard InChI is InChI=1S/C8H16O/c1-2-8(9)6-7-4-3-5-7/h7-9H,2-6H2,1H3/t8-/m0/s1. The summed E-state index contributed by atoms with van der Waals surface area (Å²) in [6, 6.07) is 0. The molecule has 1 aliphatic rings. The van der Waals surface area contributed by atoms with Crippen LogP contribution in [0.5, 0.6) is 0 Å². The van der Waals surface area contributed by atoms with Crippen LogP contribution in [-0.4, -0.2) is 11.2 Å². The fourth-order valence-electron chi connectivity index (χ4n) is 1.28. The van der Waals surface area contributed by atoms with Crippen molar-refractivity contribution in [2.75, 3.05) is 0 Å². The summed E-state index contributed by atoms with van der Waals surface area (Å²) in [7, 11) is 0. The van der Waals surface area contributed by atoms with Crippen LogP contribution >= 0.6 is 0 Å². The number of aliphatic hydroxyl groups is 1. The highest BCUT2D eigenvalue weighted by molar-refractivity contribution is 4.72. The van der Waals surface area contributed by atoms with E-state index in [-0.39, 0.29) is 6.10 Å². The summed E-state index contributed by atoms with van der Waals surface area (Å²) in [6.45, 7) is 2.04. The normalized spacial score (nSPS) is 23.3. The van der Waals surface area contributed by atoms with E-state index in [2.05, 4.69) is 0 Å². The molecular weight excluding hydrogens is 112 g/mol. The Labute approximate surface area is 57.1 Å². The lowest BCUT2D eigenvalue weighted by molar-refractivity contribution is 0.114. The Morgan fingerprint density at radius 1 is 1.56 bits per heavy atom. The Balaban J connectivity index is 2.01. The molecule has 1 aliphatic carbocycles. The van der Waals surface area contributed by atoms with E-state index >= 15 is 0 Å². The van der Waals surface area contributed by atoms with Gasteiger partial charge in [0.15, 0.2) is 0 Å². The van der Waals surface area contributed by atoms with E-state index in [9.17, 15) is 5.11 Å². The lowest BCUT2D eigenvalue weighted by Crippen LogP contribution is -2.18. The quantitative estimate of drug-likeness (QED) is 0.616. The summed E-state index contributed by atoms with van der Waals surface area (Å²) in [5.74, 6) is 0.861. The Bertz CT molecular complexity index is 73.9. The Morgan fingerprint density at radius 3 is 2.56 bits per heavy atom. The molecular formula is C8H16O. The van der Waals surface area contributed by atoms with Crippen molar-refractivity contribution in [1.82, 2.24) is 0 Å². The smallest absolute Gasteiger partial charge is 0.0540 e. The Kier molecular flexibility index (Phi) is 2.52. The van der Waals surface area contributed by atoms with Gasteiger partial charge in [-0.2, -0.15) is 0 Å². The average Bonchev–Trinajstić information content (AvgIpc) is 1.78. The first kappa shape index (κ1) is 7.07. The highest BCUT2D eigenvalue weighted by Gasteiger charge is 2.19. The van der Waals surface area contributed by atoms with E-state index in [0.29, 0.717) is 0 Å². The molecule has 1 fully saturated rings. The number of hydrogen-bond acceptors (Lipinski definition) is 1. The minimum atomic E-state index is -0.0182. The van der Waals surface area contributed by atoms with Gasteiger partial charge in [0.1, 0.15) is 0 Å². The van der Waals surface area contributed by atoms with Crippen LogP contribution in [-0.2, 0) is 0 Å². The molecule has 0 saturated heterocycles. The predicted octanol–water partition coefficient (Wildman–Crippen LogP) is 1.95. The van der Waals surface area contributed by atoms with Crippen molar-refractivity contribution in [2.24, 2.45) is 5.92 Å². The molecule has 0 aromatic rings. The maximum absolute atomic E-state index is 9.19. The van der Waals surface area contributed by atoms with Crippen LogP contribution in [0.25, 0.3) is 0 Å². The van der Waals surface area contributed by atoms with Crippen molar-refractivity contribution in [3.8, 4) is 0 Å². The molecule has 1 heteroatoms. The average molecular weight is 128 g/mol. The zero-order chi connectivity index (χ0) is 6.69. The summed E-state index contributed by atoms with van der Waals surface area (Å²) in [4.78, 5) is 0. The minimum Gasteiger partial charge on any atom is -0.393 e. The third kappa shape index (κ3) is 1.98. The van der Waals surface area contributed by atoms with Gasteiger partial charge in [-0.15, -0.1) is 0 Å². The van der Waals surface area contributed by atoms with Crippen molar-refractivity contribution in [1.29, 1.82) is 0 Å². The molecule has 0 heterocycles. The molecule has 1 saturated carbocycles. The summed E-state index contributed by atoms with van der Waals surface area (Å²) >= 11 is 0. The van der Waals surface area contributed by atoms with Gasteiger partial charge in [0.25, 0.3) is 0 Å². The van der Waals surface area contributed by atoms with Crippen molar-refractivity contribution in [3.63, 3.8) is 0 Å². The fraction of sp³-hybridized carbons (Fsp3) is 1.00. The second kappa shape index (κ2) is 3.21. The van der Waals surface area contributed by atoms with Gasteiger partial charge in [-0.05, 0) is 18.8 Å². The van der Waals surface area contributed by atoms with Crippen molar-refractivity contribution in [2.45, 2.75) is 45.1 Å². The van der Waals surface area contributed by atoms with Crippen LogP contribution in [0.2, 0.25) is 0 Å². The topological polar surface area (TPSA) is 20.2 Å². The van der Waals surface area contributed by atoms with E-state index < -0.39 is 0 Å². The highest BCUT2D eigenvalue weighted by atomic mass is 16.3. The zero-order valence-electron chi connectivity index (χ0n) is 6.14. The van der Waals surface area contributed by atoms with Crippen LogP contribution in [0, 0.1) is 5.92 Å². The van der Waals surface area contributed by atoms with Crippen molar-refractivity contribution >= 4 is 0 Å². The molecule has 9 heavy (non-hydrogen) atoms. The van der Waals surface area contributed by atoms with Gasteiger partial charge in [-0.3, -0.25) is 0 Å². The molecule has 0 aromatic carbocycles. The third-order valence-corrected chi connectivity index (χ3v) is 2.30. The van der Waals surface area contributed by atoms with Gasteiger partial charge < -0.3 is 5.11 Å². The van der Waals surface area contributed by atoms with E-state index in [1.807, 2.05) is 6.92 Å². The molecule has 0 spiro atoms. The first-order chi connectivity index (χ1) is 4.33. The minimum absolute atomic E-state index is 0.0182. The maximum atomic E-state index is 9.19. The summed E-state index contributed by atoms with van der Waals surface area (Å²) in [5.41, 5.74) is 0. The molecule has 1 atom stereocenters. The third-order valence-electron chi connectivity index (χ3n) is 2.30. The van der Waals surface area contributed by atoms with Crippen molar-refractivity contribution in [3.05, 3.63) is 0 Å². The van der Waals surface area contributed by atoms with Gasteiger partial charge in [-0.1, -0.05) is 26.2 Å². The lowest BCUT2D eigenvalue weighted by Gasteiger charge is -2.26. The molecule has 0 radical (unpaired) electrons. The molecule has 1 nitrogen and oxygen atoms in total. The zero-order valence-corrected chi connectivity index (χ0v) is 6.14. The molecule has 0 unspecified atom stereocenters. The van der Waals surface area contributed by atoms with Gasteiger partial charge in [0.2, 0.25) is 0 Å². The lowest BCUT2D eigenvalue weighted by atomic mass is 9.81. The molecule has 54 valence electrons. The first-order valence-electron chi connectivity index (χ1n) is 4.01. The largest absolute Gasteiger partial charge is 0.393 e.